The molecule has 1 aromatic heterocycles. The van der Waals surface area contributed by atoms with Gasteiger partial charge in [-0.1, -0.05) is 11.8 Å². The minimum absolute atomic E-state index is 0.0685. The van der Waals surface area contributed by atoms with E-state index in [0.29, 0.717) is 11.1 Å². The highest BCUT2D eigenvalue weighted by atomic mass is 32.2. The van der Waals surface area contributed by atoms with Crippen molar-refractivity contribution in [2.24, 2.45) is 0 Å². The molecule has 1 saturated heterocycles. The fraction of sp³-hybridized carbons (Fsp3) is 0.429. The number of rotatable bonds is 5. The number of quaternary nitrogens is 1. The topological polar surface area (TPSA) is 96.7 Å². The first-order valence-electron chi connectivity index (χ1n) is 7.18. The molecule has 0 unspecified atom stereocenters. The Morgan fingerprint density at radius 1 is 1.41 bits per heavy atom. The molecule has 2 atom stereocenters. The molecule has 8 heteroatoms. The van der Waals surface area contributed by atoms with E-state index in [1.165, 1.54) is 11.3 Å². The van der Waals surface area contributed by atoms with E-state index in [-0.39, 0.29) is 12.3 Å². The first-order valence-corrected chi connectivity index (χ1v) is 8.17. The van der Waals surface area contributed by atoms with Crippen molar-refractivity contribution < 1.29 is 10.1 Å². The zero-order valence-electron chi connectivity index (χ0n) is 12.7. The van der Waals surface area contributed by atoms with Crippen LogP contribution in [-0.2, 0) is 4.74 Å². The minimum Gasteiger partial charge on any atom is -0.378 e. The third-order valence-electron chi connectivity index (χ3n) is 3.57. The molecule has 1 aromatic carbocycles. The number of anilines is 2. The standard InChI is InChI=1S/C14H20N6OS/c1-20(2)10-5-3-9(4-6-10)12-16-7-11(21-12)8-22-14-17-13(15)18-19-14/h3-6,11-12,16H,7-8H2,1-2H3,(H3,15,17,18,19)/p+1/t11-,12+/m1/s1. The van der Waals surface area contributed by atoms with Crippen LogP contribution in [0.1, 0.15) is 11.8 Å². The average Bonchev–Trinajstić information content (AvgIpc) is 3.14. The molecule has 118 valence electrons. The lowest BCUT2D eigenvalue weighted by atomic mass is 10.2. The van der Waals surface area contributed by atoms with Crippen molar-refractivity contribution in [2.45, 2.75) is 17.5 Å². The van der Waals surface area contributed by atoms with Gasteiger partial charge in [-0.05, 0) is 24.3 Å². The molecule has 1 aliphatic rings. The molecule has 22 heavy (non-hydrogen) atoms. The molecule has 0 radical (unpaired) electrons. The highest BCUT2D eigenvalue weighted by molar-refractivity contribution is 7.99. The Labute approximate surface area is 133 Å². The zero-order chi connectivity index (χ0) is 15.5. The summed E-state index contributed by atoms with van der Waals surface area (Å²) in [6.45, 7) is 0.938. The molecule has 2 heterocycles. The van der Waals surface area contributed by atoms with Crippen LogP contribution in [0, 0.1) is 0 Å². The number of thioether (sulfide) groups is 1. The normalized spacial score (nSPS) is 21.2. The molecule has 0 saturated carbocycles. The van der Waals surface area contributed by atoms with Crippen molar-refractivity contribution in [1.29, 1.82) is 0 Å². The van der Waals surface area contributed by atoms with Gasteiger partial charge in [0.05, 0.1) is 0 Å². The van der Waals surface area contributed by atoms with Gasteiger partial charge in [0.1, 0.15) is 12.6 Å². The fourth-order valence-corrected chi connectivity index (χ4v) is 3.19. The predicted molar refractivity (Wildman–Crippen MR) is 86.7 cm³/mol. The van der Waals surface area contributed by atoms with Gasteiger partial charge < -0.3 is 20.7 Å². The monoisotopic (exact) mass is 321 g/mol. The Bertz CT molecular complexity index is 614. The molecule has 0 aliphatic carbocycles. The van der Waals surface area contributed by atoms with Crippen molar-refractivity contribution in [3.05, 3.63) is 29.8 Å². The number of hydrogen-bond donors (Lipinski definition) is 3. The number of hydrogen-bond acceptors (Lipinski definition) is 6. The second kappa shape index (κ2) is 6.55. The van der Waals surface area contributed by atoms with E-state index in [0.717, 1.165) is 12.3 Å². The molecule has 1 aliphatic heterocycles. The summed E-state index contributed by atoms with van der Waals surface area (Å²) in [6, 6.07) is 8.49. The number of ether oxygens (including phenoxy) is 1. The van der Waals surface area contributed by atoms with Crippen LogP contribution in [0.3, 0.4) is 0 Å². The van der Waals surface area contributed by atoms with Crippen LogP contribution < -0.4 is 16.0 Å². The molecule has 0 bridgehead atoms. The largest absolute Gasteiger partial charge is 0.378 e. The molecule has 2 aromatic rings. The van der Waals surface area contributed by atoms with Gasteiger partial charge in [0.25, 0.3) is 0 Å². The first-order chi connectivity index (χ1) is 10.6. The lowest BCUT2D eigenvalue weighted by Crippen LogP contribution is -2.82. The van der Waals surface area contributed by atoms with Crippen molar-refractivity contribution in [3.8, 4) is 0 Å². The van der Waals surface area contributed by atoms with Gasteiger partial charge in [0.15, 0.2) is 0 Å². The van der Waals surface area contributed by atoms with E-state index >= 15 is 0 Å². The molecule has 0 amide bonds. The maximum absolute atomic E-state index is 6.09. The molecule has 1 fully saturated rings. The molecule has 3 rings (SSSR count). The number of aromatic nitrogens is 3. The summed E-state index contributed by atoms with van der Waals surface area (Å²) < 4.78 is 6.09. The summed E-state index contributed by atoms with van der Waals surface area (Å²) in [7, 11) is 4.08. The third-order valence-corrected chi connectivity index (χ3v) is 4.55. The predicted octanol–water partition coefficient (Wildman–Crippen LogP) is 0.206. The van der Waals surface area contributed by atoms with E-state index < -0.39 is 0 Å². The summed E-state index contributed by atoms with van der Waals surface area (Å²) in [6.07, 6.45) is 0.252. The second-order valence-electron chi connectivity index (χ2n) is 5.45. The van der Waals surface area contributed by atoms with Gasteiger partial charge >= 0.3 is 0 Å². The van der Waals surface area contributed by atoms with Gasteiger partial charge in [-0.3, -0.25) is 0 Å². The first kappa shape index (κ1) is 15.1. The van der Waals surface area contributed by atoms with Crippen molar-refractivity contribution in [1.82, 2.24) is 15.2 Å². The van der Waals surface area contributed by atoms with Crippen molar-refractivity contribution in [2.75, 3.05) is 37.0 Å². The summed E-state index contributed by atoms with van der Waals surface area (Å²) in [5.41, 5.74) is 7.90. The molecular formula is C14H21N6OS+. The van der Waals surface area contributed by atoms with Gasteiger partial charge in [-0.15, -0.1) is 5.10 Å². The number of benzene rings is 1. The number of aromatic amines is 1. The average molecular weight is 321 g/mol. The molecule has 5 N–H and O–H groups in total. The number of nitrogens with one attached hydrogen (secondary N) is 1. The van der Waals surface area contributed by atoms with Gasteiger partial charge in [0, 0.05) is 31.1 Å². The quantitative estimate of drug-likeness (QED) is 0.681. The second-order valence-corrected chi connectivity index (χ2v) is 6.44. The van der Waals surface area contributed by atoms with Crippen LogP contribution in [-0.4, -0.2) is 47.7 Å². The Balaban J connectivity index is 1.53. The minimum atomic E-state index is 0.0685. The van der Waals surface area contributed by atoms with E-state index in [1.807, 2.05) is 14.1 Å². The lowest BCUT2D eigenvalue weighted by Gasteiger charge is -2.14. The summed E-state index contributed by atoms with van der Waals surface area (Å²) in [4.78, 5) is 6.17. The summed E-state index contributed by atoms with van der Waals surface area (Å²) >= 11 is 1.56. The van der Waals surface area contributed by atoms with Crippen LogP contribution in [0.2, 0.25) is 0 Å². The number of nitrogens with two attached hydrogens (primary N) is 2. The highest BCUT2D eigenvalue weighted by Crippen LogP contribution is 2.22. The SMILES string of the molecule is CN(C)c1ccc([C@H]2[NH2+]C[C@H](CSc3n[nH]c(N)n3)O2)cc1. The fourth-order valence-electron chi connectivity index (χ4n) is 2.37. The van der Waals surface area contributed by atoms with Crippen molar-refractivity contribution in [3.63, 3.8) is 0 Å². The number of nitrogens with zero attached hydrogens (tertiary/aromatic N) is 3. The van der Waals surface area contributed by atoms with E-state index in [9.17, 15) is 0 Å². The Hall–Kier alpha value is -1.77. The van der Waals surface area contributed by atoms with E-state index in [4.69, 9.17) is 10.5 Å². The van der Waals surface area contributed by atoms with Crippen LogP contribution >= 0.6 is 11.8 Å². The van der Waals surface area contributed by atoms with Crippen LogP contribution in [0.15, 0.2) is 29.4 Å². The smallest absolute Gasteiger partial charge is 0.217 e. The van der Waals surface area contributed by atoms with E-state index in [2.05, 4.69) is 49.7 Å². The summed E-state index contributed by atoms with van der Waals surface area (Å²) in [5, 5.41) is 9.54. The zero-order valence-corrected chi connectivity index (χ0v) is 13.5. The van der Waals surface area contributed by atoms with Crippen LogP contribution in [0.5, 0.6) is 0 Å². The number of nitrogen functional groups attached to an aromatic ring is 1. The van der Waals surface area contributed by atoms with Gasteiger partial charge in [-0.2, -0.15) is 4.98 Å². The third kappa shape index (κ3) is 3.52. The van der Waals surface area contributed by atoms with Gasteiger partial charge in [0.2, 0.25) is 17.3 Å². The Morgan fingerprint density at radius 2 is 2.18 bits per heavy atom. The number of H-pyrrole nitrogens is 1. The van der Waals surface area contributed by atoms with Crippen molar-refractivity contribution >= 4 is 23.4 Å². The Morgan fingerprint density at radius 3 is 2.82 bits per heavy atom. The Kier molecular flexibility index (Phi) is 4.51. The molecule has 7 nitrogen and oxygen atoms in total. The highest BCUT2D eigenvalue weighted by Gasteiger charge is 2.30. The summed E-state index contributed by atoms with van der Waals surface area (Å²) in [5.74, 6) is 1.17. The molecular weight excluding hydrogens is 300 g/mol. The lowest BCUT2D eigenvalue weighted by molar-refractivity contribution is -0.697. The van der Waals surface area contributed by atoms with Crippen LogP contribution in [0.25, 0.3) is 0 Å². The maximum Gasteiger partial charge on any atom is 0.217 e. The van der Waals surface area contributed by atoms with Crippen LogP contribution in [0.4, 0.5) is 11.6 Å². The van der Waals surface area contributed by atoms with E-state index in [1.54, 1.807) is 11.8 Å². The molecule has 0 spiro atoms. The van der Waals surface area contributed by atoms with Gasteiger partial charge in [-0.25, -0.2) is 5.10 Å². The maximum atomic E-state index is 6.09.